The lowest BCUT2D eigenvalue weighted by atomic mass is 9.95. The summed E-state index contributed by atoms with van der Waals surface area (Å²) in [5, 5.41) is 9.37. The van der Waals surface area contributed by atoms with E-state index in [0.717, 1.165) is 40.6 Å². The molecule has 1 heterocycles. The Morgan fingerprint density at radius 1 is 1.21 bits per heavy atom. The van der Waals surface area contributed by atoms with Crippen LogP contribution in [0.25, 0.3) is 11.1 Å². The highest BCUT2D eigenvalue weighted by Gasteiger charge is 2.22. The van der Waals surface area contributed by atoms with E-state index in [9.17, 15) is 5.26 Å². The number of hydrogen-bond acceptors (Lipinski definition) is 3. The molecule has 1 aliphatic carbocycles. The minimum absolute atomic E-state index is 0.348. The third-order valence-electron chi connectivity index (χ3n) is 3.50. The Kier molecular flexibility index (Phi) is 3.00. The van der Waals surface area contributed by atoms with Crippen LogP contribution in [-0.2, 0) is 12.8 Å². The van der Waals surface area contributed by atoms with E-state index in [4.69, 9.17) is 5.73 Å². The normalized spacial score (nSPS) is 13.1. The summed E-state index contributed by atoms with van der Waals surface area (Å²) in [5.41, 5.74) is 10.7. The van der Waals surface area contributed by atoms with Gasteiger partial charge in [0.2, 0.25) is 0 Å². The summed E-state index contributed by atoms with van der Waals surface area (Å²) in [6, 6.07) is 10.2. The fourth-order valence-electron chi connectivity index (χ4n) is 2.65. The molecule has 4 heteroatoms. The van der Waals surface area contributed by atoms with Gasteiger partial charge in [0.15, 0.2) is 0 Å². The minimum Gasteiger partial charge on any atom is -0.383 e. The van der Waals surface area contributed by atoms with Crippen LogP contribution in [-0.4, -0.2) is 4.98 Å². The number of fused-ring (bicyclic) bond motifs is 1. The van der Waals surface area contributed by atoms with E-state index in [0.29, 0.717) is 11.4 Å². The summed E-state index contributed by atoms with van der Waals surface area (Å²) >= 11 is 3.43. The predicted octanol–water partition coefficient (Wildman–Crippen LogP) is 3.45. The Balaban J connectivity index is 2.30. The Morgan fingerprint density at radius 3 is 2.63 bits per heavy atom. The molecule has 3 rings (SSSR count). The average Bonchev–Trinajstić information content (AvgIpc) is 2.86. The summed E-state index contributed by atoms with van der Waals surface area (Å²) < 4.78 is 1.02. The summed E-state index contributed by atoms with van der Waals surface area (Å²) in [6.45, 7) is 0. The molecule has 0 radical (unpaired) electrons. The predicted molar refractivity (Wildman–Crippen MR) is 78.5 cm³/mol. The Bertz CT molecular complexity index is 683. The van der Waals surface area contributed by atoms with E-state index in [2.05, 4.69) is 27.0 Å². The second-order valence-electron chi connectivity index (χ2n) is 4.64. The molecule has 0 saturated heterocycles. The Labute approximate surface area is 120 Å². The van der Waals surface area contributed by atoms with Crippen LogP contribution >= 0.6 is 15.9 Å². The molecular formula is C15H12BrN3. The first kappa shape index (κ1) is 12.2. The van der Waals surface area contributed by atoms with Crippen molar-refractivity contribution in [2.24, 2.45) is 0 Å². The molecule has 1 aliphatic rings. The number of pyridine rings is 1. The van der Waals surface area contributed by atoms with Crippen LogP contribution in [0.4, 0.5) is 5.82 Å². The lowest BCUT2D eigenvalue weighted by molar-refractivity contribution is 0.900. The van der Waals surface area contributed by atoms with Gasteiger partial charge in [-0.15, -0.1) is 0 Å². The quantitative estimate of drug-likeness (QED) is 0.877. The molecule has 2 aromatic rings. The third-order valence-corrected chi connectivity index (χ3v) is 4.03. The first-order chi connectivity index (χ1) is 9.20. The van der Waals surface area contributed by atoms with Crippen molar-refractivity contribution in [3.05, 3.63) is 45.6 Å². The largest absolute Gasteiger partial charge is 0.383 e. The second-order valence-corrected chi connectivity index (χ2v) is 5.56. The van der Waals surface area contributed by atoms with Gasteiger partial charge in [0.1, 0.15) is 17.5 Å². The molecule has 1 aromatic carbocycles. The van der Waals surface area contributed by atoms with Crippen LogP contribution in [0.2, 0.25) is 0 Å². The SMILES string of the molecule is N#Cc1c(N)nc2c(c1-c1ccc(Br)cc1)CCC2. The molecular weight excluding hydrogens is 302 g/mol. The van der Waals surface area contributed by atoms with Crippen molar-refractivity contribution in [2.75, 3.05) is 5.73 Å². The van der Waals surface area contributed by atoms with E-state index in [1.165, 1.54) is 5.56 Å². The molecule has 0 spiro atoms. The number of nitrogens with two attached hydrogens (primary N) is 1. The van der Waals surface area contributed by atoms with Gasteiger partial charge in [-0.1, -0.05) is 28.1 Å². The zero-order chi connectivity index (χ0) is 13.4. The number of halogens is 1. The number of hydrogen-bond donors (Lipinski definition) is 1. The van der Waals surface area contributed by atoms with E-state index in [1.54, 1.807) is 0 Å². The molecule has 94 valence electrons. The number of nitrogen functional groups attached to an aromatic ring is 1. The monoisotopic (exact) mass is 313 g/mol. The maximum Gasteiger partial charge on any atom is 0.142 e. The topological polar surface area (TPSA) is 62.7 Å². The lowest BCUT2D eigenvalue weighted by Crippen LogP contribution is -2.03. The van der Waals surface area contributed by atoms with Crippen LogP contribution < -0.4 is 5.73 Å². The van der Waals surface area contributed by atoms with Crippen LogP contribution in [0.5, 0.6) is 0 Å². The highest BCUT2D eigenvalue weighted by molar-refractivity contribution is 9.10. The Hall–Kier alpha value is -1.86. The maximum absolute atomic E-state index is 9.37. The molecule has 2 N–H and O–H groups in total. The van der Waals surface area contributed by atoms with Crippen LogP contribution in [0, 0.1) is 11.3 Å². The first-order valence-corrected chi connectivity index (χ1v) is 6.97. The summed E-state index contributed by atoms with van der Waals surface area (Å²) in [4.78, 5) is 4.37. The van der Waals surface area contributed by atoms with Crippen molar-refractivity contribution in [3.63, 3.8) is 0 Å². The number of anilines is 1. The van der Waals surface area contributed by atoms with E-state index in [-0.39, 0.29) is 0 Å². The number of benzene rings is 1. The zero-order valence-electron chi connectivity index (χ0n) is 10.3. The van der Waals surface area contributed by atoms with Gasteiger partial charge in [-0.3, -0.25) is 0 Å². The first-order valence-electron chi connectivity index (χ1n) is 6.18. The van der Waals surface area contributed by atoms with Crippen LogP contribution in [0.1, 0.15) is 23.2 Å². The van der Waals surface area contributed by atoms with Gasteiger partial charge < -0.3 is 5.73 Å². The van der Waals surface area contributed by atoms with Crippen molar-refractivity contribution in [2.45, 2.75) is 19.3 Å². The molecule has 0 bridgehead atoms. The smallest absolute Gasteiger partial charge is 0.142 e. The summed E-state index contributed by atoms with van der Waals surface area (Å²) in [6.07, 6.45) is 3.01. The number of aromatic nitrogens is 1. The fourth-order valence-corrected chi connectivity index (χ4v) is 2.91. The van der Waals surface area contributed by atoms with E-state index >= 15 is 0 Å². The van der Waals surface area contributed by atoms with Crippen molar-refractivity contribution in [1.82, 2.24) is 4.98 Å². The molecule has 19 heavy (non-hydrogen) atoms. The highest BCUT2D eigenvalue weighted by Crippen LogP contribution is 2.36. The molecule has 0 atom stereocenters. The van der Waals surface area contributed by atoms with Crippen molar-refractivity contribution < 1.29 is 0 Å². The standard InChI is InChI=1S/C15H12BrN3/c16-10-6-4-9(5-7-10)14-11-2-1-3-13(11)19-15(18)12(14)8-17/h4-7H,1-3H2,(H2,18,19). The zero-order valence-corrected chi connectivity index (χ0v) is 11.9. The summed E-state index contributed by atoms with van der Waals surface area (Å²) in [5.74, 6) is 0.348. The van der Waals surface area contributed by atoms with Crippen molar-refractivity contribution >= 4 is 21.7 Å². The lowest BCUT2D eigenvalue weighted by Gasteiger charge is -2.12. The number of aryl methyl sites for hydroxylation is 1. The van der Waals surface area contributed by atoms with E-state index < -0.39 is 0 Å². The van der Waals surface area contributed by atoms with Gasteiger partial charge in [-0.2, -0.15) is 5.26 Å². The molecule has 0 fully saturated rings. The van der Waals surface area contributed by atoms with Gasteiger partial charge >= 0.3 is 0 Å². The van der Waals surface area contributed by atoms with Gasteiger partial charge in [-0.05, 0) is 42.5 Å². The van der Waals surface area contributed by atoms with Gasteiger partial charge in [-0.25, -0.2) is 4.98 Å². The van der Waals surface area contributed by atoms with Gasteiger partial charge in [0, 0.05) is 15.7 Å². The third kappa shape index (κ3) is 2.00. The number of rotatable bonds is 1. The minimum atomic E-state index is 0.348. The number of nitriles is 1. The summed E-state index contributed by atoms with van der Waals surface area (Å²) in [7, 11) is 0. The molecule has 0 aliphatic heterocycles. The van der Waals surface area contributed by atoms with E-state index in [1.807, 2.05) is 24.3 Å². The van der Waals surface area contributed by atoms with Gasteiger partial charge in [0.05, 0.1) is 0 Å². The fraction of sp³-hybridized carbons (Fsp3) is 0.200. The van der Waals surface area contributed by atoms with Gasteiger partial charge in [0.25, 0.3) is 0 Å². The molecule has 0 saturated carbocycles. The van der Waals surface area contributed by atoms with Crippen molar-refractivity contribution in [1.29, 1.82) is 5.26 Å². The Morgan fingerprint density at radius 2 is 1.95 bits per heavy atom. The van der Waals surface area contributed by atoms with Crippen molar-refractivity contribution in [3.8, 4) is 17.2 Å². The highest BCUT2D eigenvalue weighted by atomic mass is 79.9. The number of nitrogens with zero attached hydrogens (tertiary/aromatic N) is 2. The average molecular weight is 314 g/mol. The molecule has 0 amide bonds. The maximum atomic E-state index is 9.37. The molecule has 1 aromatic heterocycles. The van der Waals surface area contributed by atoms with Crippen LogP contribution in [0.15, 0.2) is 28.7 Å². The molecule has 3 nitrogen and oxygen atoms in total. The molecule has 0 unspecified atom stereocenters. The van der Waals surface area contributed by atoms with Crippen LogP contribution in [0.3, 0.4) is 0 Å². The second kappa shape index (κ2) is 4.67.